The van der Waals surface area contributed by atoms with E-state index in [0.29, 0.717) is 0 Å². The molecule has 1 aromatic heterocycles. The Morgan fingerprint density at radius 1 is 0.255 bits per heavy atom. The highest BCUT2D eigenvalue weighted by Crippen LogP contribution is 2.44. The van der Waals surface area contributed by atoms with E-state index in [1.807, 2.05) is 12.1 Å². The van der Waals surface area contributed by atoms with Crippen molar-refractivity contribution in [2.75, 3.05) is 9.80 Å². The first-order valence-corrected chi connectivity index (χ1v) is 17.3. The van der Waals surface area contributed by atoms with Gasteiger partial charge in [-0.15, -0.1) is 0 Å². The third-order valence-electron chi connectivity index (χ3n) is 9.41. The summed E-state index contributed by atoms with van der Waals surface area (Å²) in [6.07, 6.45) is 0. The summed E-state index contributed by atoms with van der Waals surface area (Å²) in [7, 11) is 0. The summed E-state index contributed by atoms with van der Waals surface area (Å²) in [4.78, 5) is 4.67. The van der Waals surface area contributed by atoms with Gasteiger partial charge in [0.25, 0.3) is 0 Å². The van der Waals surface area contributed by atoms with Crippen LogP contribution in [0, 0.1) is 0 Å². The second-order valence-corrected chi connectivity index (χ2v) is 12.6. The number of hydrogen-bond acceptors (Lipinski definition) is 3. The van der Waals surface area contributed by atoms with Crippen LogP contribution >= 0.6 is 0 Å². The van der Waals surface area contributed by atoms with Gasteiger partial charge in [-0.25, -0.2) is 0 Å². The Balaban J connectivity index is 1.27. The average molecular weight is 655 g/mol. The molecule has 0 amide bonds. The molecule has 8 aromatic carbocycles. The first-order chi connectivity index (χ1) is 25.3. The maximum Gasteiger partial charge on any atom is 0.136 e. The third-order valence-corrected chi connectivity index (χ3v) is 9.41. The van der Waals surface area contributed by atoms with Crippen molar-refractivity contribution < 1.29 is 4.42 Å². The minimum atomic E-state index is 0.875. The van der Waals surface area contributed by atoms with Crippen molar-refractivity contribution in [1.29, 1.82) is 0 Å². The van der Waals surface area contributed by atoms with Gasteiger partial charge in [0, 0.05) is 44.9 Å². The van der Waals surface area contributed by atoms with Gasteiger partial charge in [-0.3, -0.25) is 0 Å². The number of rotatable bonds is 8. The van der Waals surface area contributed by atoms with Crippen molar-refractivity contribution in [2.45, 2.75) is 0 Å². The molecule has 0 fully saturated rings. The number of benzene rings is 8. The molecule has 0 saturated heterocycles. The molecule has 0 N–H and O–H groups in total. The van der Waals surface area contributed by atoms with Crippen LogP contribution in [0.3, 0.4) is 0 Å². The van der Waals surface area contributed by atoms with Gasteiger partial charge in [0.15, 0.2) is 0 Å². The normalized spacial score (nSPS) is 11.1. The van der Waals surface area contributed by atoms with Gasteiger partial charge in [0.1, 0.15) is 11.2 Å². The van der Waals surface area contributed by atoms with Crippen molar-refractivity contribution in [3.63, 3.8) is 0 Å². The fraction of sp³-hybridized carbons (Fsp3) is 0. The van der Waals surface area contributed by atoms with E-state index in [-0.39, 0.29) is 0 Å². The van der Waals surface area contributed by atoms with E-state index in [9.17, 15) is 0 Å². The molecule has 3 nitrogen and oxygen atoms in total. The van der Waals surface area contributed by atoms with E-state index in [4.69, 9.17) is 4.42 Å². The molecule has 0 aliphatic rings. The monoisotopic (exact) mass is 654 g/mol. The molecule has 0 spiro atoms. The van der Waals surface area contributed by atoms with Crippen molar-refractivity contribution >= 4 is 56.1 Å². The summed E-state index contributed by atoms with van der Waals surface area (Å²) in [5.74, 6) is 0. The summed E-state index contributed by atoms with van der Waals surface area (Å²) in [5, 5.41) is 2.24. The Kier molecular flexibility index (Phi) is 7.84. The molecule has 0 aliphatic heterocycles. The molecule has 242 valence electrons. The van der Waals surface area contributed by atoms with Crippen LogP contribution in [0.15, 0.2) is 211 Å². The predicted octanol–water partition coefficient (Wildman–Crippen LogP) is 13.9. The van der Waals surface area contributed by atoms with Crippen LogP contribution in [-0.4, -0.2) is 0 Å². The zero-order valence-corrected chi connectivity index (χ0v) is 27.9. The first-order valence-electron chi connectivity index (χ1n) is 17.3. The van der Waals surface area contributed by atoms with Crippen LogP contribution in [-0.2, 0) is 0 Å². The minimum absolute atomic E-state index is 0.875. The Hall–Kier alpha value is -6.84. The van der Waals surface area contributed by atoms with Gasteiger partial charge >= 0.3 is 0 Å². The van der Waals surface area contributed by atoms with Crippen LogP contribution in [0.25, 0.3) is 44.2 Å². The summed E-state index contributed by atoms with van der Waals surface area (Å²) >= 11 is 0. The smallest absolute Gasteiger partial charge is 0.136 e. The lowest BCUT2D eigenvalue weighted by molar-refractivity contribution is 0.669. The zero-order valence-electron chi connectivity index (χ0n) is 27.9. The molecule has 0 radical (unpaired) electrons. The quantitative estimate of drug-likeness (QED) is 0.163. The Morgan fingerprint density at radius 2 is 0.686 bits per heavy atom. The number of anilines is 6. The van der Waals surface area contributed by atoms with Gasteiger partial charge in [-0.05, 0) is 107 Å². The summed E-state index contributed by atoms with van der Waals surface area (Å²) < 4.78 is 6.37. The van der Waals surface area contributed by atoms with Gasteiger partial charge in [-0.1, -0.05) is 121 Å². The summed E-state index contributed by atoms with van der Waals surface area (Å²) in [6.45, 7) is 0. The van der Waals surface area contributed by atoms with Crippen LogP contribution in [0.4, 0.5) is 34.1 Å². The largest absolute Gasteiger partial charge is 0.456 e. The zero-order chi connectivity index (χ0) is 34.0. The van der Waals surface area contributed by atoms with E-state index in [1.165, 1.54) is 11.1 Å². The highest BCUT2D eigenvalue weighted by atomic mass is 16.3. The molecule has 0 bridgehead atoms. The highest BCUT2D eigenvalue weighted by Gasteiger charge is 2.20. The predicted molar refractivity (Wildman–Crippen MR) is 214 cm³/mol. The summed E-state index contributed by atoms with van der Waals surface area (Å²) in [5.41, 5.74) is 12.7. The van der Waals surface area contributed by atoms with E-state index < -0.39 is 0 Å². The Labute approximate surface area is 297 Å². The molecule has 0 unspecified atom stereocenters. The molecule has 0 saturated carbocycles. The standard InChI is InChI=1S/C48H34N2O/c1-5-15-35(16-6-1)36-25-28-42(29-26-36)50(41-21-11-4-12-22-41)44-32-38(37-27-30-46-45-23-13-14-24-47(45)51-48(46)33-37)31-43(34-44)49(39-17-7-2-8-18-39)40-19-9-3-10-20-40/h1-34H. The number of fused-ring (bicyclic) bond motifs is 3. The van der Waals surface area contributed by atoms with Gasteiger partial charge in [0.05, 0.1) is 0 Å². The lowest BCUT2D eigenvalue weighted by Crippen LogP contribution is -2.13. The van der Waals surface area contributed by atoms with Gasteiger partial charge in [-0.2, -0.15) is 0 Å². The van der Waals surface area contributed by atoms with Crippen LogP contribution in [0.2, 0.25) is 0 Å². The maximum atomic E-state index is 6.37. The van der Waals surface area contributed by atoms with Gasteiger partial charge in [0.2, 0.25) is 0 Å². The SMILES string of the molecule is c1ccc(-c2ccc(N(c3ccccc3)c3cc(-c4ccc5c(c4)oc4ccccc45)cc(N(c4ccccc4)c4ccccc4)c3)cc2)cc1. The first kappa shape index (κ1) is 30.2. The number of hydrogen-bond donors (Lipinski definition) is 0. The molecule has 51 heavy (non-hydrogen) atoms. The molecule has 9 aromatic rings. The van der Waals surface area contributed by atoms with Crippen molar-refractivity contribution in [3.8, 4) is 22.3 Å². The third kappa shape index (κ3) is 5.92. The van der Waals surface area contributed by atoms with E-state index >= 15 is 0 Å². The van der Waals surface area contributed by atoms with Crippen LogP contribution in [0.1, 0.15) is 0 Å². The van der Waals surface area contributed by atoms with Crippen molar-refractivity contribution in [2.24, 2.45) is 0 Å². The lowest BCUT2D eigenvalue weighted by Gasteiger charge is -2.30. The molecule has 3 heteroatoms. The van der Waals surface area contributed by atoms with Crippen LogP contribution < -0.4 is 9.80 Å². The Bertz CT molecular complexity index is 2520. The molecule has 1 heterocycles. The molecule has 9 rings (SSSR count). The van der Waals surface area contributed by atoms with Crippen molar-refractivity contribution in [3.05, 3.63) is 206 Å². The molecule has 0 aliphatic carbocycles. The fourth-order valence-corrected chi connectivity index (χ4v) is 6.98. The summed E-state index contributed by atoms with van der Waals surface area (Å²) in [6, 6.07) is 72.8. The van der Waals surface area contributed by atoms with E-state index in [0.717, 1.165) is 67.2 Å². The number of para-hydroxylation sites is 4. The highest BCUT2D eigenvalue weighted by molar-refractivity contribution is 6.06. The van der Waals surface area contributed by atoms with Crippen LogP contribution in [0.5, 0.6) is 0 Å². The van der Waals surface area contributed by atoms with E-state index in [2.05, 4.69) is 204 Å². The second kappa shape index (κ2) is 13.2. The minimum Gasteiger partial charge on any atom is -0.456 e. The molecular weight excluding hydrogens is 621 g/mol. The Morgan fingerprint density at radius 3 is 1.25 bits per heavy atom. The van der Waals surface area contributed by atoms with Crippen molar-refractivity contribution in [1.82, 2.24) is 0 Å². The van der Waals surface area contributed by atoms with Gasteiger partial charge < -0.3 is 14.2 Å². The average Bonchev–Trinajstić information content (AvgIpc) is 3.58. The lowest BCUT2D eigenvalue weighted by atomic mass is 10.00. The maximum absolute atomic E-state index is 6.37. The molecule has 0 atom stereocenters. The second-order valence-electron chi connectivity index (χ2n) is 12.6. The number of furan rings is 1. The topological polar surface area (TPSA) is 19.6 Å². The molecular formula is C48H34N2O. The number of nitrogens with zero attached hydrogens (tertiary/aromatic N) is 2. The fourth-order valence-electron chi connectivity index (χ4n) is 6.98. The van der Waals surface area contributed by atoms with E-state index in [1.54, 1.807) is 0 Å².